The van der Waals surface area contributed by atoms with Crippen LogP contribution >= 0.6 is 0 Å². The Labute approximate surface area is 202 Å². The fraction of sp³-hybridized carbons (Fsp3) is 0.950. The Morgan fingerprint density at radius 1 is 0.771 bits per heavy atom. The molecule has 8 N–H and O–H groups in total. The first-order chi connectivity index (χ1) is 16.7. The molecule has 35 heavy (non-hydrogen) atoms. The van der Waals surface area contributed by atoms with Crippen LogP contribution in [0.2, 0.25) is 0 Å². The van der Waals surface area contributed by atoms with Crippen LogP contribution < -0.4 is 5.32 Å². The van der Waals surface area contributed by atoms with E-state index in [1.54, 1.807) is 0 Å². The Bertz CT molecular complexity index is 612. The molecule has 0 aromatic heterocycles. The van der Waals surface area contributed by atoms with E-state index in [4.69, 9.17) is 33.5 Å². The average molecular weight is 516 g/mol. The number of aliphatic hydroxyl groups excluding tert-OH is 7. The number of amides is 1. The maximum absolute atomic E-state index is 11.7. The highest BCUT2D eigenvalue weighted by Crippen LogP contribution is 2.29. The molecular formula is C20H37NO14. The number of hydrogen-bond donors (Lipinski definition) is 8. The summed E-state index contributed by atoms with van der Waals surface area (Å²) in [5.41, 5.74) is 0. The van der Waals surface area contributed by atoms with Gasteiger partial charge in [-0.25, -0.2) is 0 Å². The largest absolute Gasteiger partial charge is 0.394 e. The second-order valence-corrected chi connectivity index (χ2v) is 8.06. The van der Waals surface area contributed by atoms with Gasteiger partial charge in [0.1, 0.15) is 48.8 Å². The highest BCUT2D eigenvalue weighted by atomic mass is 16.7. The van der Waals surface area contributed by atoms with Gasteiger partial charge in [0.05, 0.1) is 52.9 Å². The summed E-state index contributed by atoms with van der Waals surface area (Å²) in [7, 11) is 0. The van der Waals surface area contributed by atoms with Crippen molar-refractivity contribution in [1.29, 1.82) is 0 Å². The van der Waals surface area contributed by atoms with E-state index >= 15 is 0 Å². The second-order valence-electron chi connectivity index (χ2n) is 8.06. The van der Waals surface area contributed by atoms with Crippen molar-refractivity contribution in [1.82, 2.24) is 5.32 Å². The molecule has 15 heteroatoms. The highest BCUT2D eigenvalue weighted by Gasteiger charge is 2.51. The Morgan fingerprint density at radius 2 is 1.37 bits per heavy atom. The van der Waals surface area contributed by atoms with Crippen LogP contribution in [0.5, 0.6) is 0 Å². The standard InChI is InChI=1S/C20H37NO14/c1-10(25)21-13-15(27)18(35-20-17(29)16(28)14(26)11(8-23)33-20)12(9-24)34-19(13)32-7-6-31-5-4-30-3-2-22/h11-20,22-24,26-29H,2-9H2,1H3,(H,21,25)/t11-,12-,13-,14+,15-,16+,17-,18-,19-,20+/m1/s1. The van der Waals surface area contributed by atoms with Crippen LogP contribution in [-0.2, 0) is 33.2 Å². The van der Waals surface area contributed by atoms with Crippen LogP contribution in [0.25, 0.3) is 0 Å². The van der Waals surface area contributed by atoms with Crippen LogP contribution in [-0.4, -0.2) is 156 Å². The van der Waals surface area contributed by atoms with E-state index in [9.17, 15) is 35.4 Å². The van der Waals surface area contributed by atoms with Crippen LogP contribution in [0.4, 0.5) is 0 Å². The number of ether oxygens (including phenoxy) is 6. The first-order valence-electron chi connectivity index (χ1n) is 11.3. The number of hydrogen-bond acceptors (Lipinski definition) is 14. The third kappa shape index (κ3) is 8.50. The third-order valence-corrected chi connectivity index (χ3v) is 5.48. The monoisotopic (exact) mass is 515 g/mol. The van der Waals surface area contributed by atoms with Gasteiger partial charge >= 0.3 is 0 Å². The molecule has 0 radical (unpaired) electrons. The molecule has 0 aromatic carbocycles. The van der Waals surface area contributed by atoms with Crippen molar-refractivity contribution in [2.45, 2.75) is 68.3 Å². The molecule has 10 atom stereocenters. The number of aliphatic hydroxyl groups is 7. The molecule has 2 heterocycles. The molecule has 2 saturated heterocycles. The smallest absolute Gasteiger partial charge is 0.217 e. The zero-order chi connectivity index (χ0) is 26.0. The molecule has 0 aliphatic carbocycles. The lowest BCUT2D eigenvalue weighted by Crippen LogP contribution is -2.67. The van der Waals surface area contributed by atoms with Crippen LogP contribution in [0.3, 0.4) is 0 Å². The summed E-state index contributed by atoms with van der Waals surface area (Å²) in [6.07, 6.45) is -13.2. The quantitative estimate of drug-likeness (QED) is 0.101. The predicted octanol–water partition coefficient (Wildman–Crippen LogP) is -5.20. The molecule has 2 aliphatic heterocycles. The van der Waals surface area contributed by atoms with Crippen molar-refractivity contribution in [2.24, 2.45) is 0 Å². The van der Waals surface area contributed by atoms with Crippen molar-refractivity contribution < 1.29 is 69.0 Å². The normalized spacial score (nSPS) is 37.8. The highest BCUT2D eigenvalue weighted by molar-refractivity contribution is 5.73. The van der Waals surface area contributed by atoms with Gasteiger partial charge in [0.2, 0.25) is 5.91 Å². The fourth-order valence-electron chi connectivity index (χ4n) is 3.71. The first kappa shape index (κ1) is 30.2. The Morgan fingerprint density at radius 3 is 1.97 bits per heavy atom. The van der Waals surface area contributed by atoms with Gasteiger partial charge in [0.15, 0.2) is 12.6 Å². The van der Waals surface area contributed by atoms with E-state index in [-0.39, 0.29) is 39.6 Å². The van der Waals surface area contributed by atoms with Crippen LogP contribution in [0, 0.1) is 0 Å². The number of carbonyl (C=O) groups excluding carboxylic acids is 1. The first-order valence-corrected chi connectivity index (χ1v) is 11.3. The fourth-order valence-corrected chi connectivity index (χ4v) is 3.71. The van der Waals surface area contributed by atoms with Crippen LogP contribution in [0.1, 0.15) is 6.92 Å². The molecule has 2 fully saturated rings. The summed E-state index contributed by atoms with van der Waals surface area (Å²) in [6, 6.07) is -1.15. The van der Waals surface area contributed by atoms with Gasteiger partial charge < -0.3 is 69.5 Å². The maximum atomic E-state index is 11.7. The van der Waals surface area contributed by atoms with Gasteiger partial charge in [0.25, 0.3) is 0 Å². The molecule has 0 saturated carbocycles. The predicted molar refractivity (Wildman–Crippen MR) is 113 cm³/mol. The lowest BCUT2D eigenvalue weighted by molar-refractivity contribution is -0.348. The zero-order valence-electron chi connectivity index (χ0n) is 19.4. The molecule has 0 spiro atoms. The lowest BCUT2D eigenvalue weighted by atomic mass is 9.95. The summed E-state index contributed by atoms with van der Waals surface area (Å²) in [4.78, 5) is 11.7. The molecule has 2 rings (SSSR count). The van der Waals surface area contributed by atoms with E-state index in [0.717, 1.165) is 0 Å². The summed E-state index contributed by atoms with van der Waals surface area (Å²) in [5, 5.41) is 71.4. The minimum absolute atomic E-state index is 0.00382. The number of carbonyl (C=O) groups is 1. The van der Waals surface area contributed by atoms with E-state index in [2.05, 4.69) is 5.32 Å². The molecule has 2 aliphatic rings. The zero-order valence-corrected chi connectivity index (χ0v) is 19.4. The summed E-state index contributed by atoms with van der Waals surface area (Å²) in [5.74, 6) is -0.516. The maximum Gasteiger partial charge on any atom is 0.217 e. The third-order valence-electron chi connectivity index (χ3n) is 5.48. The molecule has 15 nitrogen and oxygen atoms in total. The number of rotatable bonds is 14. The average Bonchev–Trinajstić information content (AvgIpc) is 2.83. The number of nitrogens with one attached hydrogen (secondary N) is 1. The molecule has 0 bridgehead atoms. The van der Waals surface area contributed by atoms with Crippen molar-refractivity contribution in [3.63, 3.8) is 0 Å². The van der Waals surface area contributed by atoms with E-state index in [1.165, 1.54) is 6.92 Å². The van der Waals surface area contributed by atoms with Gasteiger partial charge in [-0.05, 0) is 0 Å². The molecule has 1 amide bonds. The second kappa shape index (κ2) is 15.3. The Balaban J connectivity index is 2.01. The van der Waals surface area contributed by atoms with Gasteiger partial charge in [-0.1, -0.05) is 0 Å². The summed E-state index contributed by atoms with van der Waals surface area (Å²) < 4.78 is 32.6. The molecule has 206 valence electrons. The van der Waals surface area contributed by atoms with Gasteiger partial charge in [-0.15, -0.1) is 0 Å². The van der Waals surface area contributed by atoms with Crippen molar-refractivity contribution in [3.8, 4) is 0 Å². The van der Waals surface area contributed by atoms with Crippen molar-refractivity contribution >= 4 is 5.91 Å². The van der Waals surface area contributed by atoms with E-state index in [1.807, 2.05) is 0 Å². The topological polar surface area (TPSA) is 226 Å². The summed E-state index contributed by atoms with van der Waals surface area (Å²) in [6.45, 7) is 0.637. The Hall–Kier alpha value is -1.05. The van der Waals surface area contributed by atoms with Crippen molar-refractivity contribution in [2.75, 3.05) is 52.9 Å². The molecular weight excluding hydrogens is 478 g/mol. The minimum Gasteiger partial charge on any atom is -0.394 e. The van der Waals surface area contributed by atoms with E-state index in [0.29, 0.717) is 0 Å². The van der Waals surface area contributed by atoms with Gasteiger partial charge in [-0.3, -0.25) is 4.79 Å². The van der Waals surface area contributed by atoms with Crippen LogP contribution in [0.15, 0.2) is 0 Å². The van der Waals surface area contributed by atoms with Gasteiger partial charge in [0, 0.05) is 6.92 Å². The lowest BCUT2D eigenvalue weighted by Gasteiger charge is -2.47. The Kier molecular flexibility index (Phi) is 13.2. The minimum atomic E-state index is -1.74. The molecule has 0 unspecified atom stereocenters. The van der Waals surface area contributed by atoms with Gasteiger partial charge in [-0.2, -0.15) is 0 Å². The summed E-state index contributed by atoms with van der Waals surface area (Å²) >= 11 is 0. The van der Waals surface area contributed by atoms with E-state index < -0.39 is 80.5 Å². The van der Waals surface area contributed by atoms with Crippen molar-refractivity contribution in [3.05, 3.63) is 0 Å². The SMILES string of the molecule is CC(=O)N[C@H]1[C@H](OCCOCCOCCO)O[C@H](CO)[C@@H](O[C@@H]2O[C@H](CO)[C@H](O)[C@H](O)[C@H]2O)[C@@H]1O. The molecule has 0 aromatic rings.